The summed E-state index contributed by atoms with van der Waals surface area (Å²) in [4.78, 5) is 24.8. The molecule has 126 valence electrons. The predicted molar refractivity (Wildman–Crippen MR) is 85.8 cm³/mol. The third-order valence-corrected chi connectivity index (χ3v) is 4.09. The number of ether oxygens (including phenoxy) is 2. The van der Waals surface area contributed by atoms with Crippen molar-refractivity contribution >= 4 is 11.8 Å². The maximum atomic E-state index is 12.1. The predicted octanol–water partition coefficient (Wildman–Crippen LogP) is 1.33. The number of nitrogens with zero attached hydrogens (tertiary/aromatic N) is 1. The number of nitrogens with two attached hydrogens (primary N) is 1. The molecule has 0 radical (unpaired) electrons. The van der Waals surface area contributed by atoms with Crippen LogP contribution in [0.15, 0.2) is 24.3 Å². The summed E-state index contributed by atoms with van der Waals surface area (Å²) in [5.74, 6) is 0.796. The van der Waals surface area contributed by atoms with E-state index in [2.05, 4.69) is 0 Å². The lowest BCUT2D eigenvalue weighted by Crippen LogP contribution is -2.41. The molecule has 0 spiro atoms. The summed E-state index contributed by atoms with van der Waals surface area (Å²) in [7, 11) is 1.62. The maximum Gasteiger partial charge on any atom is 0.248 e. The Labute approximate surface area is 136 Å². The first kappa shape index (κ1) is 17.3. The van der Waals surface area contributed by atoms with E-state index in [1.165, 1.54) is 0 Å². The van der Waals surface area contributed by atoms with Gasteiger partial charge in [0.1, 0.15) is 12.4 Å². The van der Waals surface area contributed by atoms with Crippen molar-refractivity contribution in [2.45, 2.75) is 25.9 Å². The molecule has 1 heterocycles. The average molecular weight is 320 g/mol. The van der Waals surface area contributed by atoms with E-state index in [0.717, 1.165) is 24.2 Å². The van der Waals surface area contributed by atoms with Gasteiger partial charge in [0.05, 0.1) is 13.7 Å². The number of primary amides is 1. The summed E-state index contributed by atoms with van der Waals surface area (Å²) in [5, 5.41) is 0. The van der Waals surface area contributed by atoms with Crippen LogP contribution >= 0.6 is 0 Å². The third kappa shape index (κ3) is 5.56. The van der Waals surface area contributed by atoms with Gasteiger partial charge in [-0.25, -0.2) is 0 Å². The highest BCUT2D eigenvalue weighted by atomic mass is 16.5. The lowest BCUT2D eigenvalue weighted by molar-refractivity contribution is -0.138. The zero-order valence-corrected chi connectivity index (χ0v) is 13.5. The molecule has 1 saturated heterocycles. The van der Waals surface area contributed by atoms with Crippen molar-refractivity contribution in [2.24, 2.45) is 11.7 Å². The first-order valence-electron chi connectivity index (χ1n) is 7.85. The Kier molecular flexibility index (Phi) is 6.40. The van der Waals surface area contributed by atoms with Crippen molar-refractivity contribution in [1.29, 1.82) is 0 Å². The largest absolute Gasteiger partial charge is 0.497 e. The number of carbonyl (C=O) groups excluding carboxylic acids is 2. The molecular weight excluding hydrogens is 296 g/mol. The van der Waals surface area contributed by atoms with Gasteiger partial charge in [-0.3, -0.25) is 9.59 Å². The standard InChI is InChI=1S/C17H24N2O4/c1-22-15-4-2-3-14(9-15)11-23-12-17(21)19-7-5-13(6-8-19)10-16(18)20/h2-4,9,13H,5-8,10-12H2,1H3,(H2,18,20). The van der Waals surface area contributed by atoms with Crippen molar-refractivity contribution in [1.82, 2.24) is 4.90 Å². The Morgan fingerprint density at radius 2 is 2.04 bits per heavy atom. The fraction of sp³-hybridized carbons (Fsp3) is 0.529. The maximum absolute atomic E-state index is 12.1. The fourth-order valence-electron chi connectivity index (χ4n) is 2.78. The van der Waals surface area contributed by atoms with E-state index in [9.17, 15) is 9.59 Å². The molecule has 1 aromatic carbocycles. The zero-order valence-electron chi connectivity index (χ0n) is 13.5. The van der Waals surface area contributed by atoms with Gasteiger partial charge < -0.3 is 20.1 Å². The van der Waals surface area contributed by atoms with Crippen LogP contribution < -0.4 is 10.5 Å². The first-order chi connectivity index (χ1) is 11.1. The molecule has 0 aliphatic carbocycles. The molecule has 0 unspecified atom stereocenters. The first-order valence-corrected chi connectivity index (χ1v) is 7.85. The smallest absolute Gasteiger partial charge is 0.248 e. The van der Waals surface area contributed by atoms with Crippen LogP contribution in [0.25, 0.3) is 0 Å². The van der Waals surface area contributed by atoms with Gasteiger partial charge in [0.25, 0.3) is 0 Å². The number of hydrogen-bond donors (Lipinski definition) is 1. The Balaban J connectivity index is 1.70. The third-order valence-electron chi connectivity index (χ3n) is 4.09. The summed E-state index contributed by atoms with van der Waals surface area (Å²) >= 11 is 0. The highest BCUT2D eigenvalue weighted by Gasteiger charge is 2.23. The van der Waals surface area contributed by atoms with E-state index in [1.807, 2.05) is 24.3 Å². The van der Waals surface area contributed by atoms with E-state index in [0.29, 0.717) is 32.0 Å². The molecule has 6 heteroatoms. The van der Waals surface area contributed by atoms with Crippen molar-refractivity contribution in [2.75, 3.05) is 26.8 Å². The molecule has 2 rings (SSSR count). The van der Waals surface area contributed by atoms with Gasteiger partial charge in [-0.1, -0.05) is 12.1 Å². The minimum atomic E-state index is -0.267. The Hall–Kier alpha value is -2.08. The SMILES string of the molecule is COc1cccc(COCC(=O)N2CCC(CC(N)=O)CC2)c1. The second-order valence-electron chi connectivity index (χ2n) is 5.84. The van der Waals surface area contributed by atoms with Gasteiger partial charge in [0, 0.05) is 19.5 Å². The van der Waals surface area contributed by atoms with E-state index in [-0.39, 0.29) is 18.4 Å². The van der Waals surface area contributed by atoms with Gasteiger partial charge in [0.15, 0.2) is 0 Å². The van der Waals surface area contributed by atoms with Gasteiger partial charge >= 0.3 is 0 Å². The second kappa shape index (κ2) is 8.53. The molecule has 0 aromatic heterocycles. The van der Waals surface area contributed by atoms with Crippen LogP contribution in [-0.2, 0) is 20.9 Å². The highest BCUT2D eigenvalue weighted by Crippen LogP contribution is 2.20. The van der Waals surface area contributed by atoms with Crippen LogP contribution in [0, 0.1) is 5.92 Å². The quantitative estimate of drug-likeness (QED) is 0.821. The molecule has 1 aliphatic heterocycles. The van der Waals surface area contributed by atoms with Crippen LogP contribution in [-0.4, -0.2) is 43.5 Å². The van der Waals surface area contributed by atoms with Gasteiger partial charge in [-0.2, -0.15) is 0 Å². The summed E-state index contributed by atoms with van der Waals surface area (Å²) in [6.45, 7) is 1.78. The highest BCUT2D eigenvalue weighted by molar-refractivity contribution is 5.77. The average Bonchev–Trinajstić information content (AvgIpc) is 2.55. The molecule has 0 atom stereocenters. The van der Waals surface area contributed by atoms with E-state index >= 15 is 0 Å². The van der Waals surface area contributed by atoms with Crippen LogP contribution in [0.5, 0.6) is 5.75 Å². The minimum absolute atomic E-state index is 0.00887. The number of methoxy groups -OCH3 is 1. The van der Waals surface area contributed by atoms with Crippen molar-refractivity contribution in [3.05, 3.63) is 29.8 Å². The van der Waals surface area contributed by atoms with Gasteiger partial charge in [0.2, 0.25) is 11.8 Å². The van der Waals surface area contributed by atoms with Gasteiger partial charge in [-0.05, 0) is 36.5 Å². The summed E-state index contributed by atoms with van der Waals surface area (Å²) in [6.07, 6.45) is 2.06. The number of carbonyl (C=O) groups is 2. The second-order valence-corrected chi connectivity index (χ2v) is 5.84. The number of amides is 2. The number of likely N-dealkylation sites (tertiary alicyclic amines) is 1. The van der Waals surface area contributed by atoms with E-state index < -0.39 is 0 Å². The van der Waals surface area contributed by atoms with Crippen LogP contribution in [0.4, 0.5) is 0 Å². The summed E-state index contributed by atoms with van der Waals surface area (Å²) in [6, 6.07) is 7.58. The summed E-state index contributed by atoms with van der Waals surface area (Å²) in [5.41, 5.74) is 6.18. The lowest BCUT2D eigenvalue weighted by atomic mass is 9.93. The molecule has 1 aromatic rings. The number of piperidine rings is 1. The van der Waals surface area contributed by atoms with Crippen LogP contribution in [0.1, 0.15) is 24.8 Å². The fourth-order valence-corrected chi connectivity index (χ4v) is 2.78. The number of rotatable bonds is 7. The number of hydrogen-bond acceptors (Lipinski definition) is 4. The summed E-state index contributed by atoms with van der Waals surface area (Å²) < 4.78 is 10.7. The Morgan fingerprint density at radius 3 is 2.70 bits per heavy atom. The molecule has 6 nitrogen and oxygen atoms in total. The molecule has 2 N–H and O–H groups in total. The molecule has 2 amide bonds. The Morgan fingerprint density at radius 1 is 1.30 bits per heavy atom. The zero-order chi connectivity index (χ0) is 16.7. The van der Waals surface area contributed by atoms with Crippen molar-refractivity contribution < 1.29 is 19.1 Å². The lowest BCUT2D eigenvalue weighted by Gasteiger charge is -2.31. The normalized spacial score (nSPS) is 15.4. The molecule has 1 aliphatic rings. The molecular formula is C17H24N2O4. The molecule has 0 bridgehead atoms. The molecule has 23 heavy (non-hydrogen) atoms. The van der Waals surface area contributed by atoms with E-state index in [1.54, 1.807) is 12.0 Å². The van der Waals surface area contributed by atoms with Gasteiger partial charge in [-0.15, -0.1) is 0 Å². The number of benzene rings is 1. The van der Waals surface area contributed by atoms with Crippen LogP contribution in [0.3, 0.4) is 0 Å². The van der Waals surface area contributed by atoms with Crippen molar-refractivity contribution in [3.63, 3.8) is 0 Å². The Bertz CT molecular complexity index is 539. The van der Waals surface area contributed by atoms with Crippen LogP contribution in [0.2, 0.25) is 0 Å². The van der Waals surface area contributed by atoms with E-state index in [4.69, 9.17) is 15.2 Å². The minimum Gasteiger partial charge on any atom is -0.497 e. The van der Waals surface area contributed by atoms with Crippen molar-refractivity contribution in [3.8, 4) is 5.75 Å². The molecule has 1 fully saturated rings. The topological polar surface area (TPSA) is 81.9 Å². The molecule has 0 saturated carbocycles. The monoisotopic (exact) mass is 320 g/mol.